The van der Waals surface area contributed by atoms with Crippen LogP contribution in [-0.4, -0.2) is 76.8 Å². The first-order chi connectivity index (χ1) is 17.1. The maximum atomic E-state index is 13.6. The van der Waals surface area contributed by atoms with Crippen LogP contribution in [0.3, 0.4) is 0 Å². The Morgan fingerprint density at radius 3 is 2.77 bits per heavy atom. The summed E-state index contributed by atoms with van der Waals surface area (Å²) < 4.78 is 0. The molecule has 186 valence electrons. The van der Waals surface area contributed by atoms with Crippen molar-refractivity contribution in [2.24, 2.45) is 11.8 Å². The van der Waals surface area contributed by atoms with Gasteiger partial charge in [0.05, 0.1) is 12.5 Å². The van der Waals surface area contributed by atoms with E-state index in [1.54, 1.807) is 0 Å². The Hall–Kier alpha value is -2.67. The van der Waals surface area contributed by atoms with Crippen molar-refractivity contribution in [3.8, 4) is 0 Å². The quantitative estimate of drug-likeness (QED) is 0.524. The van der Waals surface area contributed by atoms with Crippen molar-refractivity contribution in [2.45, 2.75) is 69.5 Å². The number of imide groups is 1. The lowest BCUT2D eigenvalue weighted by Gasteiger charge is -2.54. The van der Waals surface area contributed by atoms with E-state index in [4.69, 9.17) is 0 Å². The van der Waals surface area contributed by atoms with Crippen molar-refractivity contribution in [1.82, 2.24) is 20.0 Å². The van der Waals surface area contributed by atoms with Gasteiger partial charge in [0, 0.05) is 25.7 Å². The van der Waals surface area contributed by atoms with Gasteiger partial charge in [-0.05, 0) is 62.5 Å². The van der Waals surface area contributed by atoms with Crippen molar-refractivity contribution in [2.75, 3.05) is 26.2 Å². The number of fused-ring (bicyclic) bond motifs is 6. The monoisotopic (exact) mass is 476 g/mol. The number of urea groups is 1. The maximum absolute atomic E-state index is 13.6. The molecule has 2 bridgehead atoms. The molecule has 6 rings (SSSR count). The third-order valence-corrected chi connectivity index (χ3v) is 8.93. The molecule has 1 N–H and O–H groups in total. The fourth-order valence-corrected chi connectivity index (χ4v) is 7.36. The number of rotatable bonds is 5. The summed E-state index contributed by atoms with van der Waals surface area (Å²) >= 11 is 0. The molecule has 4 fully saturated rings. The second-order valence-electron chi connectivity index (χ2n) is 11.0. The fraction of sp³-hybridized carbons (Fsp3) is 0.607. The maximum Gasteiger partial charge on any atom is 0.324 e. The van der Waals surface area contributed by atoms with Crippen LogP contribution in [-0.2, 0) is 16.0 Å². The molecule has 0 saturated carbocycles. The molecule has 7 heteroatoms. The molecule has 35 heavy (non-hydrogen) atoms. The zero-order chi connectivity index (χ0) is 23.9. The highest BCUT2D eigenvalue weighted by molar-refractivity contribution is 6.05. The summed E-state index contributed by atoms with van der Waals surface area (Å²) in [6.45, 7) is 3.35. The highest BCUT2D eigenvalue weighted by atomic mass is 16.2. The predicted octanol–water partition coefficient (Wildman–Crippen LogP) is 2.96. The van der Waals surface area contributed by atoms with E-state index in [1.165, 1.54) is 42.7 Å². The highest BCUT2D eigenvalue weighted by Crippen LogP contribution is 2.45. The van der Waals surface area contributed by atoms with Gasteiger partial charge in [0.15, 0.2) is 0 Å². The van der Waals surface area contributed by atoms with Crippen LogP contribution in [0.4, 0.5) is 4.79 Å². The van der Waals surface area contributed by atoms with Gasteiger partial charge in [-0.3, -0.25) is 19.4 Å². The predicted molar refractivity (Wildman–Crippen MR) is 132 cm³/mol. The zero-order valence-corrected chi connectivity index (χ0v) is 20.4. The molecule has 0 radical (unpaired) electrons. The van der Waals surface area contributed by atoms with Gasteiger partial charge < -0.3 is 10.2 Å². The minimum Gasteiger partial charge on any atom is -0.336 e. The number of hydrogen-bond acceptors (Lipinski definition) is 4. The summed E-state index contributed by atoms with van der Waals surface area (Å²) in [6, 6.07) is 9.56. The Bertz CT molecular complexity index is 1020. The smallest absolute Gasteiger partial charge is 0.324 e. The van der Waals surface area contributed by atoms with Crippen LogP contribution < -0.4 is 5.32 Å². The molecule has 1 aromatic rings. The molecule has 5 atom stereocenters. The van der Waals surface area contributed by atoms with E-state index in [0.717, 1.165) is 31.5 Å². The lowest BCUT2D eigenvalue weighted by atomic mass is 9.68. The van der Waals surface area contributed by atoms with Crippen LogP contribution in [0.1, 0.15) is 50.5 Å². The largest absolute Gasteiger partial charge is 0.336 e. The average molecular weight is 477 g/mol. The second-order valence-corrected chi connectivity index (χ2v) is 11.0. The summed E-state index contributed by atoms with van der Waals surface area (Å²) in [5.41, 5.74) is 2.53. The van der Waals surface area contributed by atoms with Gasteiger partial charge >= 0.3 is 6.03 Å². The molecule has 4 heterocycles. The van der Waals surface area contributed by atoms with E-state index in [0.29, 0.717) is 30.8 Å². The third-order valence-electron chi connectivity index (χ3n) is 8.93. The molecule has 4 aliphatic heterocycles. The number of benzene rings is 1. The van der Waals surface area contributed by atoms with Crippen LogP contribution in [0.25, 0.3) is 0 Å². The van der Waals surface area contributed by atoms with E-state index < -0.39 is 6.04 Å². The minimum absolute atomic E-state index is 0.00313. The Labute approximate surface area is 207 Å². The third kappa shape index (κ3) is 4.28. The average Bonchev–Trinajstić information content (AvgIpc) is 3.14. The highest BCUT2D eigenvalue weighted by Gasteiger charge is 2.48. The first-order valence-corrected chi connectivity index (χ1v) is 13.5. The Morgan fingerprint density at radius 2 is 1.91 bits per heavy atom. The fourth-order valence-electron chi connectivity index (χ4n) is 7.36. The molecular formula is C28H36N4O3. The van der Waals surface area contributed by atoms with Crippen molar-refractivity contribution >= 4 is 17.8 Å². The molecule has 7 nitrogen and oxygen atoms in total. The standard InChI is InChI=1S/C28H36N4O3/c33-25(17-23-27(34)32(28(35)29-23)14-11-19-7-2-1-3-8-19)31-13-6-9-20-15-21-16-22(26(20)31)18-30-12-5-4-10-24(21)30/h1-3,7-8,15,21-24,26H,4-6,9-14,16-18H2,(H,29,35)/t21-,22-,23?,24?,26?/m0/s1. The Morgan fingerprint density at radius 1 is 1.06 bits per heavy atom. The molecular weight excluding hydrogens is 440 g/mol. The number of likely N-dealkylation sites (tertiary alicyclic amines) is 1. The molecule has 1 aliphatic carbocycles. The number of amides is 4. The molecule has 3 unspecified atom stereocenters. The molecule has 1 aromatic carbocycles. The number of carbonyl (C=O) groups excluding carboxylic acids is 3. The van der Waals surface area contributed by atoms with Crippen molar-refractivity contribution in [3.63, 3.8) is 0 Å². The van der Waals surface area contributed by atoms with E-state index in [2.05, 4.69) is 16.3 Å². The number of piperidine rings is 3. The number of hydrogen-bond donors (Lipinski definition) is 1. The van der Waals surface area contributed by atoms with Crippen LogP contribution in [0.5, 0.6) is 0 Å². The van der Waals surface area contributed by atoms with Crippen molar-refractivity contribution in [1.29, 1.82) is 0 Å². The van der Waals surface area contributed by atoms with Gasteiger partial charge in [0.1, 0.15) is 6.04 Å². The molecule has 0 aromatic heterocycles. The van der Waals surface area contributed by atoms with Crippen LogP contribution in [0.15, 0.2) is 42.0 Å². The molecule has 0 spiro atoms. The molecule has 4 amide bonds. The van der Waals surface area contributed by atoms with Gasteiger partial charge in [-0.1, -0.05) is 48.4 Å². The lowest BCUT2D eigenvalue weighted by molar-refractivity contribution is -0.139. The van der Waals surface area contributed by atoms with Crippen molar-refractivity contribution < 1.29 is 14.4 Å². The first-order valence-electron chi connectivity index (χ1n) is 13.5. The number of nitrogens with one attached hydrogen (secondary N) is 1. The van der Waals surface area contributed by atoms with E-state index in [1.807, 2.05) is 35.2 Å². The van der Waals surface area contributed by atoms with Crippen LogP contribution in [0.2, 0.25) is 0 Å². The normalized spacial score (nSPS) is 32.6. The Kier molecular flexibility index (Phi) is 6.13. The number of nitrogens with zero attached hydrogens (tertiary/aromatic N) is 3. The van der Waals surface area contributed by atoms with Gasteiger partial charge in [0.25, 0.3) is 5.91 Å². The summed E-state index contributed by atoms with van der Waals surface area (Å²) in [5.74, 6) is 0.840. The van der Waals surface area contributed by atoms with Crippen molar-refractivity contribution in [3.05, 3.63) is 47.5 Å². The second kappa shape index (κ2) is 9.41. The summed E-state index contributed by atoms with van der Waals surface area (Å²) in [5, 5.41) is 2.78. The summed E-state index contributed by atoms with van der Waals surface area (Å²) in [6.07, 6.45) is 10.3. The first kappa shape index (κ1) is 22.8. The number of carbonyl (C=O) groups is 3. The van der Waals surface area contributed by atoms with Crippen LogP contribution in [0, 0.1) is 11.8 Å². The van der Waals surface area contributed by atoms with Crippen LogP contribution >= 0.6 is 0 Å². The minimum atomic E-state index is -0.755. The summed E-state index contributed by atoms with van der Waals surface area (Å²) in [4.78, 5) is 45.1. The van der Waals surface area contributed by atoms with E-state index >= 15 is 0 Å². The molecule has 4 saturated heterocycles. The van der Waals surface area contributed by atoms with E-state index in [9.17, 15) is 14.4 Å². The summed E-state index contributed by atoms with van der Waals surface area (Å²) in [7, 11) is 0. The zero-order valence-electron chi connectivity index (χ0n) is 20.4. The van der Waals surface area contributed by atoms with E-state index in [-0.39, 0.29) is 30.3 Å². The van der Waals surface area contributed by atoms with Gasteiger partial charge in [-0.15, -0.1) is 0 Å². The van der Waals surface area contributed by atoms with Gasteiger partial charge in [-0.2, -0.15) is 0 Å². The van der Waals surface area contributed by atoms with Gasteiger partial charge in [0.2, 0.25) is 5.91 Å². The SMILES string of the molecule is O=C1NC(CC(=O)N2CCCC3=C[C@H]4C[C@@H](CN5CCCCC45)C32)C(=O)N1CCc1ccccc1. The molecule has 5 aliphatic rings. The van der Waals surface area contributed by atoms with Gasteiger partial charge in [-0.25, -0.2) is 4.79 Å². The Balaban J connectivity index is 1.12. The lowest BCUT2D eigenvalue weighted by Crippen LogP contribution is -2.60. The topological polar surface area (TPSA) is 73.0 Å².